The van der Waals surface area contributed by atoms with Gasteiger partial charge in [0.1, 0.15) is 16.3 Å². The molecule has 1 saturated heterocycles. The van der Waals surface area contributed by atoms with Gasteiger partial charge in [-0.2, -0.15) is 4.37 Å². The summed E-state index contributed by atoms with van der Waals surface area (Å²) in [5.74, 6) is -1.39. The number of carboxylic acids is 1. The number of hydrogen-bond acceptors (Lipinski definition) is 9. The van der Waals surface area contributed by atoms with E-state index in [9.17, 15) is 14.7 Å². The van der Waals surface area contributed by atoms with Crippen LogP contribution in [0.25, 0.3) is 0 Å². The Bertz CT molecular complexity index is 1460. The Kier molecular flexibility index (Phi) is 7.21. The second-order valence-electron chi connectivity index (χ2n) is 10.6. The van der Waals surface area contributed by atoms with Crippen LogP contribution in [0.5, 0.6) is 5.75 Å². The fourth-order valence-corrected chi connectivity index (χ4v) is 6.74. The summed E-state index contributed by atoms with van der Waals surface area (Å²) < 4.78 is 10.1. The van der Waals surface area contributed by atoms with Crippen LogP contribution in [0.1, 0.15) is 71.5 Å². The van der Waals surface area contributed by atoms with Gasteiger partial charge in [0, 0.05) is 53.4 Å². The van der Waals surface area contributed by atoms with Crippen molar-refractivity contribution in [2.75, 3.05) is 7.11 Å². The van der Waals surface area contributed by atoms with Crippen LogP contribution in [-0.2, 0) is 16.6 Å². The van der Waals surface area contributed by atoms with E-state index in [0.717, 1.165) is 5.56 Å². The van der Waals surface area contributed by atoms with Crippen molar-refractivity contribution in [3.05, 3.63) is 87.3 Å². The molecule has 0 aliphatic carbocycles. The van der Waals surface area contributed by atoms with Gasteiger partial charge in [-0.15, -0.1) is 11.3 Å². The molecule has 0 spiro atoms. The van der Waals surface area contributed by atoms with Crippen LogP contribution in [-0.4, -0.2) is 53.9 Å². The van der Waals surface area contributed by atoms with Crippen LogP contribution < -0.4 is 4.74 Å². The molecule has 3 atom stereocenters. The van der Waals surface area contributed by atoms with Gasteiger partial charge in [0.05, 0.1) is 24.5 Å². The van der Waals surface area contributed by atoms with Gasteiger partial charge in [-0.3, -0.25) is 14.8 Å². The molecule has 4 aromatic rings. The molecule has 1 fully saturated rings. The Hall–Kier alpha value is -3.70. The smallest absolute Gasteiger partial charge is 0.330 e. The number of thiazole rings is 1. The zero-order valence-corrected chi connectivity index (χ0v) is 23.7. The van der Waals surface area contributed by atoms with E-state index < -0.39 is 29.4 Å². The number of hydrogen-bond donors (Lipinski definition) is 1. The Morgan fingerprint density at radius 1 is 1.15 bits per heavy atom. The highest BCUT2D eigenvalue weighted by Gasteiger charge is 2.60. The molecule has 0 radical (unpaired) electrons. The van der Waals surface area contributed by atoms with Gasteiger partial charge in [-0.1, -0.05) is 26.8 Å². The molecule has 1 N–H and O–H groups in total. The maximum absolute atomic E-state index is 14.5. The topological polar surface area (TPSA) is 118 Å². The zero-order valence-electron chi connectivity index (χ0n) is 22.1. The first-order chi connectivity index (χ1) is 18.7. The molecule has 4 heterocycles. The van der Waals surface area contributed by atoms with Crippen molar-refractivity contribution in [1.82, 2.24) is 24.2 Å². The lowest BCUT2D eigenvalue weighted by atomic mass is 9.85. The number of ether oxygens (including phenoxy) is 1. The summed E-state index contributed by atoms with van der Waals surface area (Å²) in [4.78, 5) is 42.6. The van der Waals surface area contributed by atoms with Crippen molar-refractivity contribution >= 4 is 34.7 Å². The minimum absolute atomic E-state index is 0.0490. The summed E-state index contributed by atoms with van der Waals surface area (Å²) in [6.45, 7) is 6.21. The molecule has 3 aromatic heterocycles. The Morgan fingerprint density at radius 2 is 1.97 bits per heavy atom. The molecule has 39 heavy (non-hydrogen) atoms. The van der Waals surface area contributed by atoms with Crippen molar-refractivity contribution in [3.8, 4) is 5.75 Å². The third-order valence-corrected chi connectivity index (χ3v) is 8.63. The first kappa shape index (κ1) is 26.9. The number of aromatic nitrogens is 4. The van der Waals surface area contributed by atoms with Crippen molar-refractivity contribution in [3.63, 3.8) is 0 Å². The van der Waals surface area contributed by atoms with Gasteiger partial charge in [-0.25, -0.2) is 9.78 Å². The highest BCUT2D eigenvalue weighted by molar-refractivity contribution is 7.09. The lowest BCUT2D eigenvalue weighted by Gasteiger charge is -2.37. The minimum atomic E-state index is -1.60. The second kappa shape index (κ2) is 10.5. The number of benzene rings is 1. The van der Waals surface area contributed by atoms with Crippen molar-refractivity contribution in [2.45, 2.75) is 56.5 Å². The van der Waals surface area contributed by atoms with Crippen molar-refractivity contribution < 1.29 is 19.4 Å². The molecule has 11 heteroatoms. The number of carboxylic acid groups (broad SMARTS) is 1. The van der Waals surface area contributed by atoms with Gasteiger partial charge in [0.25, 0.3) is 5.91 Å². The fraction of sp³-hybridized carbons (Fsp3) is 0.357. The van der Waals surface area contributed by atoms with Crippen molar-refractivity contribution in [2.24, 2.45) is 0 Å². The maximum atomic E-state index is 14.5. The van der Waals surface area contributed by atoms with Crippen LogP contribution in [0.15, 0.2) is 59.8 Å². The van der Waals surface area contributed by atoms with Crippen LogP contribution >= 0.6 is 22.9 Å². The summed E-state index contributed by atoms with van der Waals surface area (Å²) >= 11 is 2.63. The van der Waals surface area contributed by atoms with Gasteiger partial charge < -0.3 is 14.7 Å². The normalized spacial score (nSPS) is 21.2. The Balaban J connectivity index is 1.71. The zero-order chi connectivity index (χ0) is 27.8. The first-order valence-corrected chi connectivity index (χ1v) is 14.2. The summed E-state index contributed by atoms with van der Waals surface area (Å²) in [7, 11) is 1.57. The largest absolute Gasteiger partial charge is 0.496 e. The average Bonchev–Trinajstić information content (AvgIpc) is 3.69. The predicted molar refractivity (Wildman–Crippen MR) is 148 cm³/mol. The van der Waals surface area contributed by atoms with Crippen molar-refractivity contribution in [1.29, 1.82) is 0 Å². The highest BCUT2D eigenvalue weighted by Crippen LogP contribution is 2.53. The molecule has 9 nitrogen and oxygen atoms in total. The third kappa shape index (κ3) is 4.92. The molecule has 1 aliphatic heterocycles. The molecule has 1 aromatic carbocycles. The minimum Gasteiger partial charge on any atom is -0.496 e. The quantitative estimate of drug-likeness (QED) is 0.329. The Labute approximate surface area is 234 Å². The molecule has 0 bridgehead atoms. The number of rotatable bonds is 7. The lowest BCUT2D eigenvalue weighted by Crippen LogP contribution is -2.55. The van der Waals surface area contributed by atoms with Crippen LogP contribution in [0.4, 0.5) is 0 Å². The standard InChI is InChI=1S/C28H29N5O4S2/c1-27(2,3)20-6-5-17(13-22(20)37-4)25(34)33-23(24-31-10-12-38-24)19(21-16-29-8-9-30-21)15-28(33,26(35)36)14-18-7-11-39-32-18/h5-13,16,19,23H,14-15H2,1-4H3,(H,35,36)/t19-,23-,28+/m1/s1. The van der Waals surface area contributed by atoms with E-state index in [1.165, 1.54) is 27.8 Å². The summed E-state index contributed by atoms with van der Waals surface area (Å²) in [5.41, 5.74) is 0.695. The average molecular weight is 564 g/mol. The van der Waals surface area contributed by atoms with E-state index in [1.54, 1.807) is 55.5 Å². The summed E-state index contributed by atoms with van der Waals surface area (Å²) in [5, 5.41) is 15.1. The highest BCUT2D eigenvalue weighted by atomic mass is 32.1. The first-order valence-electron chi connectivity index (χ1n) is 12.5. The number of nitrogens with zero attached hydrogens (tertiary/aromatic N) is 5. The van der Waals surface area contributed by atoms with E-state index in [4.69, 9.17) is 4.74 Å². The number of aliphatic carboxylic acids is 1. The van der Waals surface area contributed by atoms with E-state index >= 15 is 0 Å². The molecule has 1 aliphatic rings. The second-order valence-corrected chi connectivity index (χ2v) is 12.2. The van der Waals surface area contributed by atoms with E-state index in [1.807, 2.05) is 11.4 Å². The molecule has 202 valence electrons. The van der Waals surface area contributed by atoms with Gasteiger partial charge in [0.15, 0.2) is 0 Å². The van der Waals surface area contributed by atoms with E-state index in [0.29, 0.717) is 27.7 Å². The Morgan fingerprint density at radius 3 is 2.56 bits per heavy atom. The number of methoxy groups -OCH3 is 1. The maximum Gasteiger partial charge on any atom is 0.330 e. The van der Waals surface area contributed by atoms with Crippen LogP contribution in [0.2, 0.25) is 0 Å². The number of amides is 1. The summed E-state index contributed by atoms with van der Waals surface area (Å²) in [6.07, 6.45) is 6.63. The SMILES string of the molecule is COc1cc(C(=O)N2[C@@H](c3nccs3)[C@@H](c3cnccn3)C[C@@]2(Cc2ccsn2)C(=O)O)ccc1C(C)(C)C. The third-order valence-electron chi connectivity index (χ3n) is 7.18. The molecular formula is C28H29N5O4S2. The fourth-order valence-electron chi connectivity index (χ4n) is 5.41. The van der Waals surface area contributed by atoms with E-state index in [2.05, 4.69) is 40.1 Å². The number of carbonyl (C=O) groups excluding carboxylic acids is 1. The summed E-state index contributed by atoms with van der Waals surface area (Å²) in [6, 6.07) is 6.45. The molecule has 0 saturated carbocycles. The van der Waals surface area contributed by atoms with Gasteiger partial charge in [-0.05, 0) is 47.1 Å². The lowest BCUT2D eigenvalue weighted by molar-refractivity contribution is -0.149. The van der Waals surface area contributed by atoms with Crippen LogP contribution in [0.3, 0.4) is 0 Å². The van der Waals surface area contributed by atoms with Gasteiger partial charge >= 0.3 is 5.97 Å². The van der Waals surface area contributed by atoms with Gasteiger partial charge in [0.2, 0.25) is 0 Å². The van der Waals surface area contributed by atoms with E-state index in [-0.39, 0.29) is 18.3 Å². The molecule has 5 rings (SSSR count). The molecule has 0 unspecified atom stereocenters. The molecule has 1 amide bonds. The molecular weight excluding hydrogens is 534 g/mol. The van der Waals surface area contributed by atoms with Crippen LogP contribution in [0, 0.1) is 0 Å². The number of carbonyl (C=O) groups is 2. The number of likely N-dealkylation sites (tertiary alicyclic amines) is 1. The predicted octanol–water partition coefficient (Wildman–Crippen LogP) is 5.13. The monoisotopic (exact) mass is 563 g/mol.